The molecule has 0 aliphatic rings. The van der Waals surface area contributed by atoms with Crippen molar-refractivity contribution in [1.29, 1.82) is 0 Å². The van der Waals surface area contributed by atoms with Gasteiger partial charge in [0.25, 0.3) is 0 Å². The Bertz CT molecular complexity index is 428. The largest absolute Gasteiger partial charge is 0.336 e. The first-order valence-corrected chi connectivity index (χ1v) is 5.62. The zero-order valence-electron chi connectivity index (χ0n) is 8.86. The average molecular weight is 223 g/mol. The van der Waals surface area contributed by atoms with Crippen LogP contribution < -0.4 is 0 Å². The molecule has 80 valence electrons. The highest BCUT2D eigenvalue weighted by Gasteiger charge is 1.99. The van der Waals surface area contributed by atoms with Crippen LogP contribution in [0.5, 0.6) is 0 Å². The van der Waals surface area contributed by atoms with E-state index < -0.39 is 0 Å². The lowest BCUT2D eigenvalue weighted by molar-refractivity contribution is 0.613. The van der Waals surface area contributed by atoms with Crippen LogP contribution in [0.2, 0.25) is 5.15 Å². The van der Waals surface area contributed by atoms with Crippen molar-refractivity contribution >= 4 is 11.6 Å². The minimum Gasteiger partial charge on any atom is -0.336 e. The van der Waals surface area contributed by atoms with Crippen molar-refractivity contribution in [2.24, 2.45) is 0 Å². The molecule has 0 aromatic carbocycles. The fourth-order valence-corrected chi connectivity index (χ4v) is 1.88. The molecule has 0 saturated carbocycles. The highest BCUT2D eigenvalue weighted by atomic mass is 35.5. The fourth-order valence-electron chi connectivity index (χ4n) is 1.70. The number of nitrogens with zero attached hydrogens (tertiary/aromatic N) is 2. The van der Waals surface area contributed by atoms with Crippen LogP contribution in [0.3, 0.4) is 0 Å². The summed E-state index contributed by atoms with van der Waals surface area (Å²) in [4.78, 5) is 0. The number of hydrogen-bond donors (Lipinski definition) is 0. The van der Waals surface area contributed by atoms with E-state index in [4.69, 9.17) is 11.6 Å². The van der Waals surface area contributed by atoms with Gasteiger partial charge in [0.15, 0.2) is 0 Å². The van der Waals surface area contributed by atoms with Gasteiger partial charge < -0.3 is 9.13 Å². The molecule has 15 heavy (non-hydrogen) atoms. The Morgan fingerprint density at radius 1 is 1.27 bits per heavy atom. The van der Waals surface area contributed by atoms with Crippen LogP contribution in [-0.2, 0) is 13.1 Å². The molecule has 0 aliphatic carbocycles. The topological polar surface area (TPSA) is 9.86 Å². The van der Waals surface area contributed by atoms with E-state index in [9.17, 15) is 0 Å². The molecule has 2 aromatic rings. The monoisotopic (exact) mass is 222 g/mol. The van der Waals surface area contributed by atoms with Gasteiger partial charge in [0.2, 0.25) is 0 Å². The molecule has 0 unspecified atom stereocenters. The summed E-state index contributed by atoms with van der Waals surface area (Å²) in [6.45, 7) is 2.98. The maximum Gasteiger partial charge on any atom is 0.110 e. The number of aryl methyl sites for hydroxylation is 1. The van der Waals surface area contributed by atoms with Gasteiger partial charge in [0, 0.05) is 18.6 Å². The molecule has 0 saturated heterocycles. The van der Waals surface area contributed by atoms with E-state index in [1.807, 2.05) is 22.9 Å². The van der Waals surface area contributed by atoms with Crippen molar-refractivity contribution < 1.29 is 0 Å². The smallest absolute Gasteiger partial charge is 0.110 e. The van der Waals surface area contributed by atoms with Gasteiger partial charge in [-0.3, -0.25) is 0 Å². The molecule has 0 amide bonds. The minimum atomic E-state index is 0.778. The zero-order valence-corrected chi connectivity index (χ0v) is 9.61. The van der Waals surface area contributed by atoms with Crippen molar-refractivity contribution in [3.8, 4) is 0 Å². The van der Waals surface area contributed by atoms with Crippen LogP contribution in [-0.4, -0.2) is 9.13 Å². The number of halogens is 1. The van der Waals surface area contributed by atoms with Crippen LogP contribution in [0.25, 0.3) is 0 Å². The first kappa shape index (κ1) is 10.4. The van der Waals surface area contributed by atoms with E-state index in [-0.39, 0.29) is 0 Å². The van der Waals surface area contributed by atoms with E-state index >= 15 is 0 Å². The molecule has 0 N–H and O–H groups in total. The Kier molecular flexibility index (Phi) is 3.17. The van der Waals surface area contributed by atoms with Gasteiger partial charge in [-0.2, -0.15) is 0 Å². The van der Waals surface area contributed by atoms with Crippen LogP contribution in [0.1, 0.15) is 18.9 Å². The minimum absolute atomic E-state index is 0.778. The molecule has 0 spiro atoms. The highest BCUT2D eigenvalue weighted by Crippen LogP contribution is 2.11. The van der Waals surface area contributed by atoms with Gasteiger partial charge in [-0.15, -0.1) is 0 Å². The highest BCUT2D eigenvalue weighted by molar-refractivity contribution is 6.29. The van der Waals surface area contributed by atoms with E-state index in [2.05, 4.69) is 30.0 Å². The standard InChI is InChI=1S/C12H15ClN2/c1-2-4-11-6-8-14(9-11)10-15-7-3-5-12(15)13/h3,5-9H,2,4,10H2,1H3. The quantitative estimate of drug-likeness (QED) is 0.751. The molecule has 0 fully saturated rings. The second kappa shape index (κ2) is 4.58. The normalized spacial score (nSPS) is 10.8. The summed E-state index contributed by atoms with van der Waals surface area (Å²) in [6.07, 6.45) is 8.60. The number of rotatable bonds is 4. The summed E-state index contributed by atoms with van der Waals surface area (Å²) in [5.41, 5.74) is 1.39. The Balaban J connectivity index is 2.08. The fraction of sp³-hybridized carbons (Fsp3) is 0.333. The molecule has 2 nitrogen and oxygen atoms in total. The van der Waals surface area contributed by atoms with Crippen molar-refractivity contribution in [3.05, 3.63) is 47.5 Å². The molecule has 2 heterocycles. The Morgan fingerprint density at radius 2 is 2.13 bits per heavy atom. The summed E-state index contributed by atoms with van der Waals surface area (Å²) in [6, 6.07) is 6.03. The second-order valence-corrected chi connectivity index (χ2v) is 4.11. The van der Waals surface area contributed by atoms with E-state index in [0.717, 1.165) is 18.2 Å². The molecular formula is C12H15ClN2. The summed E-state index contributed by atoms with van der Waals surface area (Å²) >= 11 is 6.01. The van der Waals surface area contributed by atoms with Gasteiger partial charge in [-0.25, -0.2) is 0 Å². The maximum absolute atomic E-state index is 6.01. The van der Waals surface area contributed by atoms with Gasteiger partial charge in [0.1, 0.15) is 5.15 Å². The molecule has 0 aliphatic heterocycles. The lowest BCUT2D eigenvalue weighted by atomic mass is 10.2. The van der Waals surface area contributed by atoms with Crippen LogP contribution >= 0.6 is 11.6 Å². The number of hydrogen-bond acceptors (Lipinski definition) is 0. The summed E-state index contributed by atoms with van der Waals surface area (Å²) in [5, 5.41) is 0.778. The molecular weight excluding hydrogens is 208 g/mol. The van der Waals surface area contributed by atoms with Crippen LogP contribution in [0, 0.1) is 0 Å². The van der Waals surface area contributed by atoms with Gasteiger partial charge in [-0.05, 0) is 30.2 Å². The first-order valence-electron chi connectivity index (χ1n) is 5.25. The van der Waals surface area contributed by atoms with Crippen LogP contribution in [0.4, 0.5) is 0 Å². The van der Waals surface area contributed by atoms with Gasteiger partial charge in [-0.1, -0.05) is 24.9 Å². The molecule has 2 aromatic heterocycles. The Morgan fingerprint density at radius 3 is 2.80 bits per heavy atom. The van der Waals surface area contributed by atoms with Gasteiger partial charge >= 0.3 is 0 Å². The van der Waals surface area contributed by atoms with Gasteiger partial charge in [0.05, 0.1) is 6.67 Å². The molecule has 2 rings (SSSR count). The summed E-state index contributed by atoms with van der Waals surface area (Å²) in [7, 11) is 0. The summed E-state index contributed by atoms with van der Waals surface area (Å²) in [5.74, 6) is 0. The van der Waals surface area contributed by atoms with E-state index in [1.165, 1.54) is 12.0 Å². The predicted octanol–water partition coefficient (Wildman–Crippen LogP) is 3.40. The van der Waals surface area contributed by atoms with Crippen molar-refractivity contribution in [3.63, 3.8) is 0 Å². The average Bonchev–Trinajstić information content (AvgIpc) is 2.79. The summed E-state index contributed by atoms with van der Waals surface area (Å²) < 4.78 is 4.16. The third-order valence-electron chi connectivity index (χ3n) is 2.44. The third kappa shape index (κ3) is 2.45. The lowest BCUT2D eigenvalue weighted by Crippen LogP contribution is -2.04. The van der Waals surface area contributed by atoms with Crippen LogP contribution in [0.15, 0.2) is 36.8 Å². The SMILES string of the molecule is CCCc1ccn(Cn2cccc2Cl)c1. The van der Waals surface area contributed by atoms with E-state index in [0.29, 0.717) is 0 Å². The first-order chi connectivity index (χ1) is 7.29. The van der Waals surface area contributed by atoms with E-state index in [1.54, 1.807) is 0 Å². The predicted molar refractivity (Wildman–Crippen MR) is 63.3 cm³/mol. The third-order valence-corrected chi connectivity index (χ3v) is 2.78. The molecule has 3 heteroatoms. The Labute approximate surface area is 95.1 Å². The second-order valence-electron chi connectivity index (χ2n) is 3.73. The van der Waals surface area contributed by atoms with Crippen molar-refractivity contribution in [2.45, 2.75) is 26.4 Å². The molecule has 0 bridgehead atoms. The maximum atomic E-state index is 6.01. The number of aromatic nitrogens is 2. The van der Waals surface area contributed by atoms with Crippen molar-refractivity contribution in [2.75, 3.05) is 0 Å². The lowest BCUT2D eigenvalue weighted by Gasteiger charge is -2.05. The molecule has 0 radical (unpaired) electrons. The Hall–Kier alpha value is -1.15. The zero-order chi connectivity index (χ0) is 10.7. The van der Waals surface area contributed by atoms with Crippen molar-refractivity contribution in [1.82, 2.24) is 9.13 Å². The molecule has 0 atom stereocenters.